The zero-order valence-corrected chi connectivity index (χ0v) is 21.9. The second-order valence-electron chi connectivity index (χ2n) is 8.82. The Balaban J connectivity index is 0.000000303. The van der Waals surface area contributed by atoms with Crippen molar-refractivity contribution in [1.29, 1.82) is 0 Å². The van der Waals surface area contributed by atoms with Crippen molar-refractivity contribution in [3.8, 4) is 11.3 Å². The van der Waals surface area contributed by atoms with Gasteiger partial charge in [0, 0.05) is 63.1 Å². The minimum atomic E-state index is -5.08. The second kappa shape index (κ2) is 13.9. The van der Waals surface area contributed by atoms with Crippen molar-refractivity contribution in [3.05, 3.63) is 78.8 Å². The Morgan fingerprint density at radius 3 is 1.84 bits per heavy atom. The van der Waals surface area contributed by atoms with Gasteiger partial charge in [-0.2, -0.15) is 26.3 Å². The summed E-state index contributed by atoms with van der Waals surface area (Å²) in [5.41, 5.74) is 4.11. The summed E-state index contributed by atoms with van der Waals surface area (Å²) in [6.07, 6.45) is -0.916. The standard InChI is InChI=1S/C22H21FN6.2C2HF3O2/c23-19-3-1-17(2-4-19)16-27-11-13-28(14-12-27)21-22-26-15-20(29(22)10-9-25-21)18-5-7-24-8-6-18;2*3-2(4,5)1(6)7/h1-10,15H,11-14,16H2;2*(H,6,7). The lowest BCUT2D eigenvalue weighted by Crippen LogP contribution is -2.46. The number of alkyl halides is 6. The fourth-order valence-electron chi connectivity index (χ4n) is 3.83. The van der Waals surface area contributed by atoms with Crippen molar-refractivity contribution < 1.29 is 50.5 Å². The third kappa shape index (κ3) is 9.35. The molecule has 3 aromatic heterocycles. The first-order valence-electron chi connectivity index (χ1n) is 12.2. The molecule has 1 aliphatic heterocycles. The van der Waals surface area contributed by atoms with Crippen LogP contribution in [0, 0.1) is 5.82 Å². The monoisotopic (exact) mass is 616 g/mol. The summed E-state index contributed by atoms with van der Waals surface area (Å²) in [6, 6.07) is 10.7. The van der Waals surface area contributed by atoms with Crippen LogP contribution in [0.5, 0.6) is 0 Å². The highest BCUT2D eigenvalue weighted by Crippen LogP contribution is 2.25. The number of hydrogen-bond donors (Lipinski definition) is 2. The van der Waals surface area contributed by atoms with E-state index in [9.17, 15) is 30.7 Å². The van der Waals surface area contributed by atoms with E-state index in [0.29, 0.717) is 0 Å². The van der Waals surface area contributed by atoms with Gasteiger partial charge in [-0.1, -0.05) is 12.1 Å². The average molecular weight is 616 g/mol. The number of carboxylic acids is 2. The van der Waals surface area contributed by atoms with Crippen molar-refractivity contribution in [3.63, 3.8) is 0 Å². The van der Waals surface area contributed by atoms with Gasteiger partial charge in [-0.15, -0.1) is 0 Å². The fraction of sp³-hybridized carbons (Fsp3) is 0.269. The molecule has 0 radical (unpaired) electrons. The highest BCUT2D eigenvalue weighted by molar-refractivity contribution is 5.73. The summed E-state index contributed by atoms with van der Waals surface area (Å²) in [5.74, 6) is -4.79. The molecular formula is C26H23F7N6O4. The number of pyridine rings is 1. The molecular weight excluding hydrogens is 593 g/mol. The summed E-state index contributed by atoms with van der Waals surface area (Å²) in [6.45, 7) is 4.45. The number of anilines is 1. The third-order valence-corrected chi connectivity index (χ3v) is 5.86. The predicted molar refractivity (Wildman–Crippen MR) is 137 cm³/mol. The number of imidazole rings is 1. The first-order chi connectivity index (χ1) is 20.2. The van der Waals surface area contributed by atoms with Gasteiger partial charge in [0.25, 0.3) is 0 Å². The zero-order chi connectivity index (χ0) is 31.8. The molecule has 5 rings (SSSR count). The summed E-state index contributed by atoms with van der Waals surface area (Å²) in [4.78, 5) is 35.8. The van der Waals surface area contributed by atoms with Crippen LogP contribution < -0.4 is 4.90 Å². The molecule has 0 aliphatic carbocycles. The number of piperazine rings is 1. The molecule has 17 heteroatoms. The first kappa shape index (κ1) is 32.7. The minimum Gasteiger partial charge on any atom is -0.475 e. The van der Waals surface area contributed by atoms with E-state index in [2.05, 4.69) is 29.2 Å². The quantitative estimate of drug-likeness (QED) is 0.319. The summed E-state index contributed by atoms with van der Waals surface area (Å²) in [5, 5.41) is 14.2. The number of benzene rings is 1. The molecule has 0 bridgehead atoms. The Bertz CT molecular complexity index is 1480. The van der Waals surface area contributed by atoms with E-state index in [1.54, 1.807) is 12.4 Å². The topological polar surface area (TPSA) is 124 Å². The number of aromatic nitrogens is 4. The molecule has 0 spiro atoms. The van der Waals surface area contributed by atoms with Gasteiger partial charge in [-0.3, -0.25) is 14.3 Å². The maximum atomic E-state index is 13.1. The second-order valence-corrected chi connectivity index (χ2v) is 8.82. The molecule has 43 heavy (non-hydrogen) atoms. The molecule has 0 unspecified atom stereocenters. The van der Waals surface area contributed by atoms with Crippen molar-refractivity contribution in [2.75, 3.05) is 31.1 Å². The van der Waals surface area contributed by atoms with E-state index in [1.807, 2.05) is 42.9 Å². The van der Waals surface area contributed by atoms with Gasteiger partial charge in [0.05, 0.1) is 11.9 Å². The lowest BCUT2D eigenvalue weighted by atomic mass is 10.2. The number of fused-ring (bicyclic) bond motifs is 1. The van der Waals surface area contributed by atoms with E-state index < -0.39 is 24.3 Å². The van der Waals surface area contributed by atoms with Crippen LogP contribution in [-0.4, -0.2) is 84.9 Å². The molecule has 0 atom stereocenters. The lowest BCUT2D eigenvalue weighted by Gasteiger charge is -2.35. The molecule has 0 amide bonds. The Hall–Kier alpha value is -4.80. The number of carbonyl (C=O) groups is 2. The first-order valence-corrected chi connectivity index (χ1v) is 12.2. The summed E-state index contributed by atoms with van der Waals surface area (Å²) >= 11 is 0. The summed E-state index contributed by atoms with van der Waals surface area (Å²) in [7, 11) is 0. The maximum Gasteiger partial charge on any atom is 0.490 e. The van der Waals surface area contributed by atoms with Gasteiger partial charge in [0.1, 0.15) is 5.82 Å². The highest BCUT2D eigenvalue weighted by atomic mass is 19.4. The number of nitrogens with zero attached hydrogens (tertiary/aromatic N) is 6. The average Bonchev–Trinajstić information content (AvgIpc) is 3.39. The van der Waals surface area contributed by atoms with E-state index in [0.717, 1.165) is 61.0 Å². The molecule has 0 saturated carbocycles. The Labute approximate surface area is 238 Å². The molecule has 230 valence electrons. The number of aliphatic carboxylic acids is 2. The molecule has 10 nitrogen and oxygen atoms in total. The minimum absolute atomic E-state index is 0.191. The summed E-state index contributed by atoms with van der Waals surface area (Å²) < 4.78 is 78.7. The number of halogens is 7. The molecule has 1 aromatic carbocycles. The van der Waals surface area contributed by atoms with Gasteiger partial charge in [-0.05, 0) is 29.8 Å². The zero-order valence-electron chi connectivity index (χ0n) is 21.9. The van der Waals surface area contributed by atoms with E-state index in [4.69, 9.17) is 19.8 Å². The van der Waals surface area contributed by atoms with Gasteiger partial charge in [-0.25, -0.2) is 23.9 Å². The Kier molecular flexibility index (Phi) is 10.6. The molecule has 1 saturated heterocycles. The van der Waals surface area contributed by atoms with Crippen molar-refractivity contribution in [2.24, 2.45) is 0 Å². The van der Waals surface area contributed by atoms with E-state index >= 15 is 0 Å². The Morgan fingerprint density at radius 1 is 0.791 bits per heavy atom. The largest absolute Gasteiger partial charge is 0.490 e. The van der Waals surface area contributed by atoms with Gasteiger partial charge >= 0.3 is 24.3 Å². The van der Waals surface area contributed by atoms with Crippen LogP contribution in [0.2, 0.25) is 0 Å². The Morgan fingerprint density at radius 2 is 1.33 bits per heavy atom. The predicted octanol–water partition coefficient (Wildman–Crippen LogP) is 4.52. The van der Waals surface area contributed by atoms with Gasteiger partial charge in [0.15, 0.2) is 11.5 Å². The highest BCUT2D eigenvalue weighted by Gasteiger charge is 2.38. The van der Waals surface area contributed by atoms with Crippen molar-refractivity contribution >= 4 is 23.4 Å². The molecule has 4 heterocycles. The van der Waals surface area contributed by atoms with Crippen LogP contribution in [-0.2, 0) is 16.1 Å². The molecule has 2 N–H and O–H groups in total. The maximum absolute atomic E-state index is 13.1. The number of hydrogen-bond acceptors (Lipinski definition) is 7. The van der Waals surface area contributed by atoms with E-state index in [-0.39, 0.29) is 5.82 Å². The lowest BCUT2D eigenvalue weighted by molar-refractivity contribution is -0.193. The van der Waals surface area contributed by atoms with Crippen molar-refractivity contribution in [1.82, 2.24) is 24.3 Å². The van der Waals surface area contributed by atoms with Gasteiger partial charge < -0.3 is 15.1 Å². The van der Waals surface area contributed by atoms with Crippen molar-refractivity contribution in [2.45, 2.75) is 18.9 Å². The SMILES string of the molecule is Fc1ccc(CN2CCN(c3nccn4c(-c5ccncc5)cnc34)CC2)cc1.O=C(O)C(F)(F)F.O=C(O)C(F)(F)F. The van der Waals surface area contributed by atoms with Crippen LogP contribution in [0.4, 0.5) is 36.6 Å². The smallest absolute Gasteiger partial charge is 0.475 e. The van der Waals surface area contributed by atoms with Crippen LogP contribution in [0.3, 0.4) is 0 Å². The third-order valence-electron chi connectivity index (χ3n) is 5.86. The number of carboxylic acid groups (broad SMARTS) is 2. The molecule has 1 aliphatic rings. The van der Waals surface area contributed by atoms with Crippen LogP contribution in [0.15, 0.2) is 67.4 Å². The normalized spacial score (nSPS) is 13.9. The van der Waals surface area contributed by atoms with E-state index in [1.165, 1.54) is 12.1 Å². The molecule has 4 aromatic rings. The van der Waals surface area contributed by atoms with Gasteiger partial charge in [0.2, 0.25) is 0 Å². The number of rotatable bonds is 4. The van der Waals surface area contributed by atoms with Crippen LogP contribution in [0.1, 0.15) is 5.56 Å². The van der Waals surface area contributed by atoms with Crippen LogP contribution >= 0.6 is 0 Å². The van der Waals surface area contributed by atoms with Crippen LogP contribution in [0.25, 0.3) is 16.9 Å². The fourth-order valence-corrected chi connectivity index (χ4v) is 3.83. The molecule has 1 fully saturated rings.